The first-order chi connectivity index (χ1) is 11.3. The van der Waals surface area contributed by atoms with Crippen molar-refractivity contribution < 1.29 is 4.79 Å². The molecule has 1 aliphatic heterocycles. The highest BCUT2D eigenvalue weighted by Gasteiger charge is 2.28. The van der Waals surface area contributed by atoms with Gasteiger partial charge in [-0.1, -0.05) is 13.3 Å². The molecule has 0 bridgehead atoms. The van der Waals surface area contributed by atoms with E-state index in [9.17, 15) is 4.79 Å². The van der Waals surface area contributed by atoms with Gasteiger partial charge in [-0.05, 0) is 37.9 Å². The molecule has 0 aromatic carbocycles. The summed E-state index contributed by atoms with van der Waals surface area (Å²) in [6.07, 6.45) is 10.0. The van der Waals surface area contributed by atoms with Crippen LogP contribution in [0.5, 0.6) is 0 Å². The fourth-order valence-electron chi connectivity index (χ4n) is 3.67. The molecule has 1 saturated heterocycles. The van der Waals surface area contributed by atoms with Crippen molar-refractivity contribution in [1.29, 1.82) is 0 Å². The summed E-state index contributed by atoms with van der Waals surface area (Å²) in [5.41, 5.74) is 0. The Morgan fingerprint density at radius 2 is 2.13 bits per heavy atom. The minimum absolute atomic E-state index is 0.120. The summed E-state index contributed by atoms with van der Waals surface area (Å²) in [6.45, 7) is 3.82. The maximum Gasteiger partial charge on any atom is 0.317 e. The van der Waals surface area contributed by atoms with Gasteiger partial charge in [-0.2, -0.15) is 16.9 Å². The first kappa shape index (κ1) is 16.6. The van der Waals surface area contributed by atoms with Crippen LogP contribution in [-0.2, 0) is 0 Å². The largest absolute Gasteiger partial charge is 0.335 e. The second-order valence-corrected chi connectivity index (χ2v) is 8.06. The van der Waals surface area contributed by atoms with Gasteiger partial charge in [0.2, 0.25) is 0 Å². The van der Waals surface area contributed by atoms with Gasteiger partial charge in [0.15, 0.2) is 0 Å². The van der Waals surface area contributed by atoms with E-state index in [1.807, 2.05) is 21.3 Å². The van der Waals surface area contributed by atoms with Crippen LogP contribution in [0.1, 0.15) is 51.5 Å². The van der Waals surface area contributed by atoms with Crippen molar-refractivity contribution in [2.45, 2.75) is 62.8 Å². The molecule has 1 aliphatic carbocycles. The van der Waals surface area contributed by atoms with E-state index in [1.54, 1.807) is 12.7 Å². The predicted molar refractivity (Wildman–Crippen MR) is 92.6 cm³/mol. The summed E-state index contributed by atoms with van der Waals surface area (Å²) in [7, 11) is 0. The van der Waals surface area contributed by atoms with Crippen LogP contribution in [0.3, 0.4) is 0 Å². The van der Waals surface area contributed by atoms with Crippen molar-refractivity contribution in [3.63, 3.8) is 0 Å². The molecule has 0 radical (unpaired) electrons. The van der Waals surface area contributed by atoms with Gasteiger partial charge >= 0.3 is 6.03 Å². The summed E-state index contributed by atoms with van der Waals surface area (Å²) in [5, 5.41) is 8.20. The van der Waals surface area contributed by atoms with E-state index in [4.69, 9.17) is 0 Å². The first-order valence-electron chi connectivity index (χ1n) is 8.77. The molecule has 2 fully saturated rings. The van der Waals surface area contributed by atoms with Gasteiger partial charge in [0.1, 0.15) is 12.7 Å². The number of carbonyl (C=O) groups excluding carboxylic acids is 1. The number of thioether (sulfide) groups is 1. The van der Waals surface area contributed by atoms with E-state index >= 15 is 0 Å². The lowest BCUT2D eigenvalue weighted by Gasteiger charge is -2.35. The van der Waals surface area contributed by atoms with Crippen molar-refractivity contribution in [2.24, 2.45) is 0 Å². The lowest BCUT2D eigenvalue weighted by molar-refractivity contribution is 0.163. The zero-order valence-corrected chi connectivity index (χ0v) is 14.7. The lowest BCUT2D eigenvalue weighted by atomic mass is 9.95. The Hall–Kier alpha value is -1.24. The second-order valence-electron chi connectivity index (χ2n) is 6.48. The first-order valence-corrected chi connectivity index (χ1v) is 9.82. The monoisotopic (exact) mass is 337 g/mol. The van der Waals surface area contributed by atoms with Crippen molar-refractivity contribution in [1.82, 2.24) is 25.0 Å². The average molecular weight is 337 g/mol. The standard InChI is InChI=1S/C16H27N5OS/c1-2-23-15-5-3-4-13(10-15)19-16(22)20-8-6-14(7-9-20)21-12-17-11-18-21/h11-15H,2-10H2,1H3,(H,19,22)/t13-,15-/m1/s1. The normalized spacial score (nSPS) is 26.2. The Bertz CT molecular complexity index is 485. The highest BCUT2D eigenvalue weighted by molar-refractivity contribution is 7.99. The zero-order chi connectivity index (χ0) is 16.1. The summed E-state index contributed by atoms with van der Waals surface area (Å²) in [6, 6.07) is 0.851. The maximum absolute atomic E-state index is 12.5. The topological polar surface area (TPSA) is 63.1 Å². The molecule has 0 unspecified atom stereocenters. The van der Waals surface area contributed by atoms with E-state index in [0.29, 0.717) is 12.1 Å². The molecule has 7 heteroatoms. The Labute approximate surface area is 142 Å². The number of piperidine rings is 1. The Balaban J connectivity index is 1.44. The van der Waals surface area contributed by atoms with Crippen LogP contribution in [0.4, 0.5) is 4.79 Å². The molecule has 1 aromatic rings. The van der Waals surface area contributed by atoms with E-state index in [1.165, 1.54) is 18.6 Å². The van der Waals surface area contributed by atoms with E-state index in [2.05, 4.69) is 22.3 Å². The molecule has 1 saturated carbocycles. The summed E-state index contributed by atoms with van der Waals surface area (Å²) < 4.78 is 1.92. The van der Waals surface area contributed by atoms with Gasteiger partial charge in [0.05, 0.1) is 6.04 Å². The third kappa shape index (κ3) is 4.40. The second kappa shape index (κ2) is 8.04. The molecule has 2 atom stereocenters. The summed E-state index contributed by atoms with van der Waals surface area (Å²) in [5.74, 6) is 1.17. The molecule has 0 spiro atoms. The third-order valence-electron chi connectivity index (χ3n) is 4.92. The van der Waals surface area contributed by atoms with Crippen LogP contribution in [0, 0.1) is 0 Å². The molecule has 128 valence electrons. The number of amides is 2. The van der Waals surface area contributed by atoms with Gasteiger partial charge < -0.3 is 10.2 Å². The van der Waals surface area contributed by atoms with Gasteiger partial charge in [0, 0.05) is 24.4 Å². The van der Waals surface area contributed by atoms with Crippen molar-refractivity contribution >= 4 is 17.8 Å². The number of urea groups is 1. The van der Waals surface area contributed by atoms with Gasteiger partial charge in [-0.15, -0.1) is 0 Å². The molecule has 6 nitrogen and oxygen atoms in total. The van der Waals surface area contributed by atoms with E-state index in [0.717, 1.165) is 44.0 Å². The van der Waals surface area contributed by atoms with E-state index in [-0.39, 0.29) is 6.03 Å². The number of nitrogens with zero attached hydrogens (tertiary/aromatic N) is 4. The van der Waals surface area contributed by atoms with Crippen LogP contribution in [-0.4, -0.2) is 55.8 Å². The van der Waals surface area contributed by atoms with Gasteiger partial charge in [-0.25, -0.2) is 14.5 Å². The number of hydrogen-bond donors (Lipinski definition) is 1. The van der Waals surface area contributed by atoms with Crippen LogP contribution in [0.25, 0.3) is 0 Å². The minimum atomic E-state index is 0.120. The number of rotatable bonds is 4. The van der Waals surface area contributed by atoms with E-state index < -0.39 is 0 Å². The zero-order valence-electron chi connectivity index (χ0n) is 13.9. The quantitative estimate of drug-likeness (QED) is 0.917. The lowest BCUT2D eigenvalue weighted by Crippen LogP contribution is -2.49. The van der Waals surface area contributed by atoms with Crippen LogP contribution >= 0.6 is 11.8 Å². The molecule has 2 amide bonds. The van der Waals surface area contributed by atoms with Gasteiger partial charge in [0.25, 0.3) is 0 Å². The number of carbonyl (C=O) groups is 1. The maximum atomic E-state index is 12.5. The summed E-state index contributed by atoms with van der Waals surface area (Å²) >= 11 is 2.04. The fraction of sp³-hybridized carbons (Fsp3) is 0.812. The molecule has 3 rings (SSSR count). The van der Waals surface area contributed by atoms with Crippen LogP contribution in [0.2, 0.25) is 0 Å². The molecule has 1 N–H and O–H groups in total. The average Bonchev–Trinajstić information content (AvgIpc) is 3.10. The number of hydrogen-bond acceptors (Lipinski definition) is 4. The highest BCUT2D eigenvalue weighted by Crippen LogP contribution is 2.28. The van der Waals surface area contributed by atoms with Crippen LogP contribution < -0.4 is 5.32 Å². The Morgan fingerprint density at radius 1 is 1.30 bits per heavy atom. The SMILES string of the molecule is CCS[C@@H]1CCC[C@@H](NC(=O)N2CCC(n3cncn3)CC2)C1. The molecule has 23 heavy (non-hydrogen) atoms. The number of nitrogens with one attached hydrogen (secondary N) is 1. The fourth-order valence-corrected chi connectivity index (χ4v) is 4.84. The Kier molecular flexibility index (Phi) is 5.80. The molecule has 2 aliphatic rings. The highest BCUT2D eigenvalue weighted by atomic mass is 32.2. The molecular weight excluding hydrogens is 310 g/mol. The third-order valence-corrected chi connectivity index (χ3v) is 6.15. The number of likely N-dealkylation sites (tertiary alicyclic amines) is 1. The van der Waals surface area contributed by atoms with Crippen LogP contribution in [0.15, 0.2) is 12.7 Å². The van der Waals surface area contributed by atoms with Crippen molar-refractivity contribution in [2.75, 3.05) is 18.8 Å². The molecule has 2 heterocycles. The Morgan fingerprint density at radius 3 is 2.83 bits per heavy atom. The molecule has 1 aromatic heterocycles. The predicted octanol–water partition coefficient (Wildman–Crippen LogP) is 2.69. The smallest absolute Gasteiger partial charge is 0.317 e. The van der Waals surface area contributed by atoms with Crippen molar-refractivity contribution in [3.8, 4) is 0 Å². The minimum Gasteiger partial charge on any atom is -0.335 e. The summed E-state index contributed by atoms with van der Waals surface area (Å²) in [4.78, 5) is 18.5. The number of aromatic nitrogens is 3. The van der Waals surface area contributed by atoms with Gasteiger partial charge in [-0.3, -0.25) is 0 Å². The molecular formula is C16H27N5OS. The van der Waals surface area contributed by atoms with Crippen molar-refractivity contribution in [3.05, 3.63) is 12.7 Å².